The SMILES string of the molecule is CC1OCCC1Cn1c(N)nc2c(F)cc(F)cc21. The Labute approximate surface area is 109 Å². The van der Waals surface area contributed by atoms with E-state index in [2.05, 4.69) is 4.98 Å². The third-order valence-corrected chi connectivity index (χ3v) is 3.75. The second-order valence-corrected chi connectivity index (χ2v) is 4.96. The molecule has 0 amide bonds. The molecule has 0 aliphatic carbocycles. The van der Waals surface area contributed by atoms with Crippen LogP contribution in [-0.2, 0) is 11.3 Å². The fourth-order valence-electron chi connectivity index (χ4n) is 2.61. The number of benzene rings is 1. The molecule has 0 bridgehead atoms. The number of hydrogen-bond acceptors (Lipinski definition) is 3. The van der Waals surface area contributed by atoms with Crippen LogP contribution < -0.4 is 5.73 Å². The molecule has 2 N–H and O–H groups in total. The van der Waals surface area contributed by atoms with E-state index in [1.165, 1.54) is 6.07 Å². The number of nitrogens with two attached hydrogens (primary N) is 1. The normalized spacial score (nSPS) is 23.3. The smallest absolute Gasteiger partial charge is 0.201 e. The van der Waals surface area contributed by atoms with Gasteiger partial charge in [0.1, 0.15) is 11.3 Å². The lowest BCUT2D eigenvalue weighted by molar-refractivity contribution is 0.102. The number of fused-ring (bicyclic) bond motifs is 1. The van der Waals surface area contributed by atoms with E-state index < -0.39 is 11.6 Å². The van der Waals surface area contributed by atoms with Crippen molar-refractivity contribution in [2.75, 3.05) is 12.3 Å². The van der Waals surface area contributed by atoms with Crippen molar-refractivity contribution in [1.82, 2.24) is 9.55 Å². The zero-order chi connectivity index (χ0) is 13.6. The van der Waals surface area contributed by atoms with E-state index >= 15 is 0 Å². The molecule has 0 spiro atoms. The number of rotatable bonds is 2. The van der Waals surface area contributed by atoms with Gasteiger partial charge in [0.2, 0.25) is 5.95 Å². The van der Waals surface area contributed by atoms with Crippen molar-refractivity contribution < 1.29 is 13.5 Å². The molecule has 2 heterocycles. The number of aromatic nitrogens is 2. The summed E-state index contributed by atoms with van der Waals surface area (Å²) in [6.45, 7) is 3.27. The highest BCUT2D eigenvalue weighted by Gasteiger charge is 2.26. The number of imidazole rings is 1. The first-order valence-corrected chi connectivity index (χ1v) is 6.28. The molecule has 0 radical (unpaired) electrons. The Morgan fingerprint density at radius 1 is 1.47 bits per heavy atom. The van der Waals surface area contributed by atoms with E-state index in [0.29, 0.717) is 18.7 Å². The van der Waals surface area contributed by atoms with Gasteiger partial charge in [-0.3, -0.25) is 0 Å². The zero-order valence-electron chi connectivity index (χ0n) is 10.6. The lowest BCUT2D eigenvalue weighted by atomic mass is 10.0. The van der Waals surface area contributed by atoms with Gasteiger partial charge in [-0.1, -0.05) is 0 Å². The number of nitrogens with zero attached hydrogens (tertiary/aromatic N) is 2. The van der Waals surface area contributed by atoms with Gasteiger partial charge >= 0.3 is 0 Å². The molecule has 1 aromatic carbocycles. The average molecular weight is 267 g/mol. The topological polar surface area (TPSA) is 53.1 Å². The van der Waals surface area contributed by atoms with Gasteiger partial charge in [0.15, 0.2) is 5.82 Å². The van der Waals surface area contributed by atoms with E-state index in [9.17, 15) is 8.78 Å². The van der Waals surface area contributed by atoms with Crippen LogP contribution in [0.3, 0.4) is 0 Å². The summed E-state index contributed by atoms with van der Waals surface area (Å²) in [5.74, 6) is -0.817. The van der Waals surface area contributed by atoms with Gasteiger partial charge in [0, 0.05) is 31.2 Å². The van der Waals surface area contributed by atoms with Gasteiger partial charge in [-0.25, -0.2) is 13.8 Å². The third kappa shape index (κ3) is 2.06. The summed E-state index contributed by atoms with van der Waals surface area (Å²) in [6.07, 6.45) is 1.04. The van der Waals surface area contributed by atoms with Crippen LogP contribution in [0.4, 0.5) is 14.7 Å². The van der Waals surface area contributed by atoms with Crippen molar-refractivity contribution in [2.45, 2.75) is 26.0 Å². The molecule has 6 heteroatoms. The van der Waals surface area contributed by atoms with Gasteiger partial charge in [-0.15, -0.1) is 0 Å². The van der Waals surface area contributed by atoms with Crippen molar-refractivity contribution in [3.63, 3.8) is 0 Å². The maximum absolute atomic E-state index is 13.6. The third-order valence-electron chi connectivity index (χ3n) is 3.75. The Morgan fingerprint density at radius 2 is 2.26 bits per heavy atom. The molecule has 102 valence electrons. The van der Waals surface area contributed by atoms with Crippen LogP contribution in [0.15, 0.2) is 12.1 Å². The second-order valence-electron chi connectivity index (χ2n) is 4.96. The molecule has 1 aromatic heterocycles. The minimum atomic E-state index is -0.684. The van der Waals surface area contributed by atoms with E-state index in [0.717, 1.165) is 12.5 Å². The lowest BCUT2D eigenvalue weighted by Crippen LogP contribution is -2.19. The summed E-state index contributed by atoms with van der Waals surface area (Å²) < 4.78 is 34.1. The van der Waals surface area contributed by atoms with Crippen LogP contribution in [0, 0.1) is 17.6 Å². The van der Waals surface area contributed by atoms with Crippen molar-refractivity contribution in [2.24, 2.45) is 5.92 Å². The van der Waals surface area contributed by atoms with Crippen LogP contribution in [0.5, 0.6) is 0 Å². The number of hydrogen-bond donors (Lipinski definition) is 1. The Hall–Kier alpha value is -1.69. The molecule has 1 fully saturated rings. The maximum Gasteiger partial charge on any atom is 0.201 e. The summed E-state index contributed by atoms with van der Waals surface area (Å²) in [5.41, 5.74) is 6.33. The Balaban J connectivity index is 2.05. The van der Waals surface area contributed by atoms with Gasteiger partial charge < -0.3 is 15.0 Å². The van der Waals surface area contributed by atoms with Gasteiger partial charge in [-0.2, -0.15) is 0 Å². The largest absolute Gasteiger partial charge is 0.378 e. The molecule has 2 unspecified atom stereocenters. The summed E-state index contributed by atoms with van der Waals surface area (Å²) >= 11 is 0. The fraction of sp³-hybridized carbons (Fsp3) is 0.462. The van der Waals surface area contributed by atoms with Crippen LogP contribution >= 0.6 is 0 Å². The summed E-state index contributed by atoms with van der Waals surface area (Å²) in [5, 5.41) is 0. The molecule has 2 atom stereocenters. The van der Waals surface area contributed by atoms with Crippen LogP contribution in [0.1, 0.15) is 13.3 Å². The molecular weight excluding hydrogens is 252 g/mol. The van der Waals surface area contributed by atoms with Gasteiger partial charge in [0.25, 0.3) is 0 Å². The Bertz CT molecular complexity index is 626. The van der Waals surface area contributed by atoms with Crippen LogP contribution in [0.2, 0.25) is 0 Å². The lowest BCUT2D eigenvalue weighted by Gasteiger charge is -2.16. The highest BCUT2D eigenvalue weighted by atomic mass is 19.1. The van der Waals surface area contributed by atoms with Crippen LogP contribution in [-0.4, -0.2) is 22.3 Å². The first-order valence-electron chi connectivity index (χ1n) is 6.28. The molecule has 4 nitrogen and oxygen atoms in total. The van der Waals surface area contributed by atoms with E-state index in [4.69, 9.17) is 10.5 Å². The predicted molar refractivity (Wildman–Crippen MR) is 67.6 cm³/mol. The van der Waals surface area contributed by atoms with Crippen molar-refractivity contribution in [1.29, 1.82) is 0 Å². The number of nitrogen functional groups attached to an aromatic ring is 1. The Kier molecular flexibility index (Phi) is 2.89. The molecule has 3 rings (SSSR count). The highest BCUT2D eigenvalue weighted by molar-refractivity contribution is 5.79. The molecular formula is C13H15F2N3O. The quantitative estimate of drug-likeness (QED) is 0.908. The van der Waals surface area contributed by atoms with E-state index in [1.54, 1.807) is 4.57 Å². The maximum atomic E-state index is 13.6. The fourth-order valence-corrected chi connectivity index (χ4v) is 2.61. The number of ether oxygens (including phenoxy) is 1. The van der Waals surface area contributed by atoms with Gasteiger partial charge in [0.05, 0.1) is 11.6 Å². The first-order chi connectivity index (χ1) is 9.06. The minimum Gasteiger partial charge on any atom is -0.378 e. The monoisotopic (exact) mass is 267 g/mol. The number of halogens is 2. The standard InChI is InChI=1S/C13H15F2N3O/c1-7-8(2-3-19-7)6-18-11-5-9(14)4-10(15)12(11)17-13(18)16/h4-5,7-8H,2-3,6H2,1H3,(H2,16,17). The molecule has 19 heavy (non-hydrogen) atoms. The summed E-state index contributed by atoms with van der Waals surface area (Å²) in [4.78, 5) is 3.98. The summed E-state index contributed by atoms with van der Waals surface area (Å²) in [7, 11) is 0. The van der Waals surface area contributed by atoms with E-state index in [1.807, 2.05) is 6.92 Å². The van der Waals surface area contributed by atoms with Crippen molar-refractivity contribution >= 4 is 17.0 Å². The Morgan fingerprint density at radius 3 is 2.95 bits per heavy atom. The minimum absolute atomic E-state index is 0.116. The van der Waals surface area contributed by atoms with Crippen molar-refractivity contribution in [3.8, 4) is 0 Å². The molecule has 0 saturated carbocycles. The second kappa shape index (κ2) is 4.45. The summed E-state index contributed by atoms with van der Waals surface area (Å²) in [6, 6.07) is 2.09. The first kappa shape index (κ1) is 12.3. The van der Waals surface area contributed by atoms with Crippen molar-refractivity contribution in [3.05, 3.63) is 23.8 Å². The molecule has 2 aromatic rings. The van der Waals surface area contributed by atoms with Gasteiger partial charge in [-0.05, 0) is 13.3 Å². The van der Waals surface area contributed by atoms with E-state index in [-0.39, 0.29) is 23.5 Å². The molecule has 1 aliphatic rings. The predicted octanol–water partition coefficient (Wildman–Crippen LogP) is 2.32. The molecule has 1 saturated heterocycles. The highest BCUT2D eigenvalue weighted by Crippen LogP contribution is 2.27. The van der Waals surface area contributed by atoms with Crippen LogP contribution in [0.25, 0.3) is 11.0 Å². The number of anilines is 1. The zero-order valence-corrected chi connectivity index (χ0v) is 10.6. The molecule has 1 aliphatic heterocycles. The average Bonchev–Trinajstić information content (AvgIpc) is 2.87.